The molecule has 6 heteroatoms. The Bertz CT molecular complexity index is 1090. The lowest BCUT2D eigenvalue weighted by molar-refractivity contribution is -0.120. The van der Waals surface area contributed by atoms with E-state index >= 15 is 0 Å². The maximum Gasteiger partial charge on any atom is 0.251 e. The lowest BCUT2D eigenvalue weighted by Gasteiger charge is -2.12. The van der Waals surface area contributed by atoms with Gasteiger partial charge in [0.25, 0.3) is 5.91 Å². The molecule has 0 atom stereocenters. The van der Waals surface area contributed by atoms with E-state index in [1.54, 1.807) is 48.5 Å². The van der Waals surface area contributed by atoms with Crippen molar-refractivity contribution in [1.82, 2.24) is 10.6 Å². The Morgan fingerprint density at radius 1 is 0.833 bits per heavy atom. The molecule has 0 aliphatic rings. The van der Waals surface area contributed by atoms with Crippen LogP contribution in [0.25, 0.3) is 11.1 Å². The van der Waals surface area contributed by atoms with Crippen LogP contribution in [0, 0.1) is 17.1 Å². The van der Waals surface area contributed by atoms with Gasteiger partial charge in [0.1, 0.15) is 5.82 Å². The van der Waals surface area contributed by atoms with E-state index in [-0.39, 0.29) is 37.1 Å². The second kappa shape index (κ2) is 9.99. The van der Waals surface area contributed by atoms with Crippen molar-refractivity contribution in [3.05, 3.63) is 95.3 Å². The summed E-state index contributed by atoms with van der Waals surface area (Å²) in [4.78, 5) is 24.6. The molecule has 5 nitrogen and oxygen atoms in total. The molecule has 0 heterocycles. The van der Waals surface area contributed by atoms with Crippen LogP contribution in [0.2, 0.25) is 0 Å². The number of hydrogen-bond acceptors (Lipinski definition) is 3. The van der Waals surface area contributed by atoms with Crippen LogP contribution >= 0.6 is 0 Å². The second-order valence-electron chi connectivity index (χ2n) is 6.61. The van der Waals surface area contributed by atoms with Crippen molar-refractivity contribution in [2.24, 2.45) is 0 Å². The van der Waals surface area contributed by atoms with Gasteiger partial charge in [-0.3, -0.25) is 9.59 Å². The molecule has 2 N–H and O–H groups in total. The number of halogens is 1. The molecular weight excluding hydrogens is 381 g/mol. The first-order valence-electron chi connectivity index (χ1n) is 9.46. The topological polar surface area (TPSA) is 82.0 Å². The lowest BCUT2D eigenvalue weighted by atomic mass is 9.95. The van der Waals surface area contributed by atoms with E-state index in [0.717, 1.165) is 0 Å². The summed E-state index contributed by atoms with van der Waals surface area (Å²) in [5, 5.41) is 14.9. The summed E-state index contributed by atoms with van der Waals surface area (Å²) < 4.78 is 12.9. The molecule has 0 radical (unpaired) electrons. The molecule has 2 amide bonds. The molecule has 0 aliphatic heterocycles. The Morgan fingerprint density at radius 3 is 2.20 bits per heavy atom. The highest BCUT2D eigenvalue weighted by atomic mass is 19.1. The molecule has 150 valence electrons. The van der Waals surface area contributed by atoms with E-state index in [1.807, 2.05) is 12.1 Å². The Balaban J connectivity index is 1.56. The Kier molecular flexibility index (Phi) is 6.91. The molecule has 0 spiro atoms. The average molecular weight is 401 g/mol. The fraction of sp³-hybridized carbons (Fsp3) is 0.125. The van der Waals surface area contributed by atoms with Crippen LogP contribution in [0.15, 0.2) is 72.8 Å². The standard InChI is InChI=1S/C24H20FN3O2/c25-19-11-9-17(10-12-19)15-23(29)27-13-14-28-24(30)22-8-4-3-7-21(22)20-6-2-1-5-18(20)16-26/h1-12H,13-15H2,(H,27,29)(H,28,30). The first-order valence-corrected chi connectivity index (χ1v) is 9.46. The van der Waals surface area contributed by atoms with Gasteiger partial charge in [0.2, 0.25) is 5.91 Å². The molecule has 3 rings (SSSR count). The summed E-state index contributed by atoms with van der Waals surface area (Å²) >= 11 is 0. The first kappa shape index (κ1) is 20.7. The van der Waals surface area contributed by atoms with E-state index in [2.05, 4.69) is 16.7 Å². The van der Waals surface area contributed by atoms with E-state index in [0.29, 0.717) is 27.8 Å². The Morgan fingerprint density at radius 2 is 1.47 bits per heavy atom. The maximum atomic E-state index is 12.9. The van der Waals surface area contributed by atoms with E-state index in [1.165, 1.54) is 12.1 Å². The fourth-order valence-corrected chi connectivity index (χ4v) is 3.05. The summed E-state index contributed by atoms with van der Waals surface area (Å²) in [6.45, 7) is 0.519. The second-order valence-corrected chi connectivity index (χ2v) is 6.61. The molecule has 3 aromatic rings. The predicted octanol–water partition coefficient (Wildman–Crippen LogP) is 3.45. The van der Waals surface area contributed by atoms with Gasteiger partial charge in [0.15, 0.2) is 0 Å². The highest BCUT2D eigenvalue weighted by molar-refractivity contribution is 6.01. The van der Waals surface area contributed by atoms with Gasteiger partial charge in [0, 0.05) is 24.2 Å². The van der Waals surface area contributed by atoms with Crippen molar-refractivity contribution >= 4 is 11.8 Å². The SMILES string of the molecule is N#Cc1ccccc1-c1ccccc1C(=O)NCCNC(=O)Cc1ccc(F)cc1. The number of carbonyl (C=O) groups is 2. The zero-order chi connectivity index (χ0) is 21.3. The fourth-order valence-electron chi connectivity index (χ4n) is 3.05. The number of hydrogen-bond donors (Lipinski definition) is 2. The molecular formula is C24H20FN3O2. The van der Waals surface area contributed by atoms with Crippen molar-refractivity contribution in [2.45, 2.75) is 6.42 Å². The molecule has 3 aromatic carbocycles. The molecule has 0 bridgehead atoms. The van der Waals surface area contributed by atoms with Gasteiger partial charge in [-0.2, -0.15) is 5.26 Å². The number of nitriles is 1. The van der Waals surface area contributed by atoms with E-state index in [9.17, 15) is 19.2 Å². The summed E-state index contributed by atoms with van der Waals surface area (Å²) in [5.41, 5.74) is 3.03. The molecule has 0 fully saturated rings. The van der Waals surface area contributed by atoms with Crippen molar-refractivity contribution in [2.75, 3.05) is 13.1 Å². The third-order valence-corrected chi connectivity index (χ3v) is 4.52. The zero-order valence-electron chi connectivity index (χ0n) is 16.2. The highest BCUT2D eigenvalue weighted by Crippen LogP contribution is 2.26. The molecule has 0 aromatic heterocycles. The van der Waals surface area contributed by atoms with E-state index in [4.69, 9.17) is 0 Å². The summed E-state index contributed by atoms with van der Waals surface area (Å²) in [5.74, 6) is -0.843. The third-order valence-electron chi connectivity index (χ3n) is 4.52. The average Bonchev–Trinajstić information content (AvgIpc) is 2.78. The van der Waals surface area contributed by atoms with Crippen LogP contribution in [0.5, 0.6) is 0 Å². The zero-order valence-corrected chi connectivity index (χ0v) is 16.2. The monoisotopic (exact) mass is 401 g/mol. The predicted molar refractivity (Wildman–Crippen MR) is 112 cm³/mol. The lowest BCUT2D eigenvalue weighted by Crippen LogP contribution is -2.35. The van der Waals surface area contributed by atoms with Crippen molar-refractivity contribution < 1.29 is 14.0 Å². The summed E-state index contributed by atoms with van der Waals surface area (Å²) in [7, 11) is 0. The van der Waals surface area contributed by atoms with Crippen molar-refractivity contribution in [3.63, 3.8) is 0 Å². The minimum absolute atomic E-state index is 0.141. The van der Waals surface area contributed by atoms with Crippen molar-refractivity contribution in [3.8, 4) is 17.2 Å². The van der Waals surface area contributed by atoms with Crippen LogP contribution in [-0.4, -0.2) is 24.9 Å². The first-order chi connectivity index (χ1) is 14.6. The largest absolute Gasteiger partial charge is 0.354 e. The quantitative estimate of drug-likeness (QED) is 0.595. The van der Waals surface area contributed by atoms with Crippen LogP contribution in [0.1, 0.15) is 21.5 Å². The smallest absolute Gasteiger partial charge is 0.251 e. The third kappa shape index (κ3) is 5.30. The van der Waals surface area contributed by atoms with Crippen LogP contribution in [0.3, 0.4) is 0 Å². The van der Waals surface area contributed by atoms with Crippen LogP contribution < -0.4 is 10.6 Å². The number of benzene rings is 3. The minimum Gasteiger partial charge on any atom is -0.354 e. The molecule has 0 aliphatic carbocycles. The molecule has 0 saturated carbocycles. The highest BCUT2D eigenvalue weighted by Gasteiger charge is 2.14. The van der Waals surface area contributed by atoms with Gasteiger partial charge >= 0.3 is 0 Å². The van der Waals surface area contributed by atoms with Gasteiger partial charge in [-0.05, 0) is 35.4 Å². The van der Waals surface area contributed by atoms with E-state index < -0.39 is 0 Å². The maximum absolute atomic E-state index is 12.9. The number of amides is 2. The number of rotatable bonds is 7. The number of nitrogens with one attached hydrogen (secondary N) is 2. The number of nitrogens with zero attached hydrogens (tertiary/aromatic N) is 1. The number of carbonyl (C=O) groups excluding carboxylic acids is 2. The van der Waals surface area contributed by atoms with Gasteiger partial charge in [0.05, 0.1) is 18.1 Å². The van der Waals surface area contributed by atoms with Gasteiger partial charge in [-0.1, -0.05) is 48.5 Å². The van der Waals surface area contributed by atoms with Crippen LogP contribution in [0.4, 0.5) is 4.39 Å². The normalized spacial score (nSPS) is 10.1. The molecule has 30 heavy (non-hydrogen) atoms. The van der Waals surface area contributed by atoms with Crippen LogP contribution in [-0.2, 0) is 11.2 Å². The molecule has 0 saturated heterocycles. The Hall–Kier alpha value is -3.98. The summed E-state index contributed by atoms with van der Waals surface area (Å²) in [6, 6.07) is 22.1. The summed E-state index contributed by atoms with van der Waals surface area (Å²) in [6.07, 6.45) is 0.141. The molecule has 0 unspecified atom stereocenters. The Labute approximate surface area is 174 Å². The minimum atomic E-state index is -0.348. The van der Waals surface area contributed by atoms with Crippen molar-refractivity contribution in [1.29, 1.82) is 5.26 Å². The van der Waals surface area contributed by atoms with Gasteiger partial charge in [-0.25, -0.2) is 4.39 Å². The van der Waals surface area contributed by atoms with Gasteiger partial charge in [-0.15, -0.1) is 0 Å². The van der Waals surface area contributed by atoms with Gasteiger partial charge < -0.3 is 10.6 Å².